The molecule has 0 saturated heterocycles. The summed E-state index contributed by atoms with van der Waals surface area (Å²) in [5.74, 6) is -0.486. The van der Waals surface area contributed by atoms with Gasteiger partial charge >= 0.3 is 5.97 Å². The van der Waals surface area contributed by atoms with Crippen molar-refractivity contribution >= 4 is 28.5 Å². The number of hydrogen-bond donors (Lipinski definition) is 2. The van der Waals surface area contributed by atoms with Gasteiger partial charge in [-0.15, -0.1) is 5.10 Å². The zero-order valence-corrected chi connectivity index (χ0v) is 15.6. The number of ether oxygens (including phenoxy) is 1. The molecule has 0 fully saturated rings. The number of nitrogens with one attached hydrogen (secondary N) is 1. The van der Waals surface area contributed by atoms with E-state index in [0.29, 0.717) is 17.1 Å². The first-order chi connectivity index (χ1) is 13.6. The van der Waals surface area contributed by atoms with E-state index < -0.39 is 12.0 Å². The third kappa shape index (κ3) is 4.05. The second-order valence-electron chi connectivity index (χ2n) is 6.43. The number of hydrogen-bond acceptors (Lipinski definition) is 5. The van der Waals surface area contributed by atoms with E-state index in [4.69, 9.17) is 22.1 Å². The van der Waals surface area contributed by atoms with Crippen LogP contribution in [-0.4, -0.2) is 32.0 Å². The molecule has 2 aromatic carbocycles. The Morgan fingerprint density at radius 3 is 2.79 bits per heavy atom. The topological polar surface area (TPSA) is 98.8 Å². The highest BCUT2D eigenvalue weighted by Crippen LogP contribution is 2.16. The molecule has 0 aliphatic heterocycles. The van der Waals surface area contributed by atoms with Crippen LogP contribution in [0.25, 0.3) is 16.6 Å². The monoisotopic (exact) mass is 395 g/mol. The molecule has 4 aromatic rings. The minimum Gasteiger partial charge on any atom is -0.458 e. The highest BCUT2D eigenvalue weighted by molar-refractivity contribution is 6.30. The Balaban J connectivity index is 1.34. The van der Waals surface area contributed by atoms with Crippen molar-refractivity contribution in [2.45, 2.75) is 19.1 Å². The van der Waals surface area contributed by atoms with Gasteiger partial charge in [-0.1, -0.05) is 35.0 Å². The van der Waals surface area contributed by atoms with Gasteiger partial charge in [0.05, 0.1) is 11.9 Å². The van der Waals surface area contributed by atoms with Crippen LogP contribution in [0.1, 0.15) is 11.4 Å². The van der Waals surface area contributed by atoms with Crippen LogP contribution in [0.5, 0.6) is 0 Å². The number of aromatic amines is 1. The molecule has 2 heterocycles. The lowest BCUT2D eigenvalue weighted by Crippen LogP contribution is -2.34. The van der Waals surface area contributed by atoms with Crippen molar-refractivity contribution < 1.29 is 9.53 Å². The van der Waals surface area contributed by atoms with Crippen LogP contribution in [0.3, 0.4) is 0 Å². The van der Waals surface area contributed by atoms with Crippen LogP contribution >= 0.6 is 11.6 Å². The lowest BCUT2D eigenvalue weighted by molar-refractivity contribution is -0.146. The van der Waals surface area contributed by atoms with Crippen molar-refractivity contribution in [3.05, 3.63) is 77.2 Å². The first-order valence-corrected chi connectivity index (χ1v) is 9.12. The zero-order chi connectivity index (χ0) is 19.5. The van der Waals surface area contributed by atoms with Gasteiger partial charge < -0.3 is 15.5 Å². The first-order valence-electron chi connectivity index (χ1n) is 8.74. The minimum atomic E-state index is -0.764. The predicted molar refractivity (Wildman–Crippen MR) is 106 cm³/mol. The number of fused-ring (bicyclic) bond motifs is 1. The van der Waals surface area contributed by atoms with E-state index in [-0.39, 0.29) is 6.61 Å². The van der Waals surface area contributed by atoms with Crippen LogP contribution in [-0.2, 0) is 22.6 Å². The van der Waals surface area contributed by atoms with E-state index in [2.05, 4.69) is 15.3 Å². The van der Waals surface area contributed by atoms with Gasteiger partial charge in [0.2, 0.25) is 0 Å². The molecule has 0 amide bonds. The number of benzene rings is 2. The largest absolute Gasteiger partial charge is 0.458 e. The predicted octanol–water partition coefficient (Wildman–Crippen LogP) is 3.02. The maximum atomic E-state index is 12.2. The van der Waals surface area contributed by atoms with Crippen LogP contribution in [0, 0.1) is 0 Å². The number of nitrogens with zero attached hydrogens (tertiary/aromatic N) is 3. The summed E-state index contributed by atoms with van der Waals surface area (Å²) in [6.45, 7) is 0.00677. The molecule has 0 radical (unpaired) electrons. The Morgan fingerprint density at radius 1 is 1.21 bits per heavy atom. The van der Waals surface area contributed by atoms with E-state index in [9.17, 15) is 4.79 Å². The number of aromatic nitrogens is 4. The SMILES string of the molecule is N[C@@H](Cc1cc2ccccc2[nH]1)C(=O)OCc1cn(-c2ccc(Cl)cc2)nn1. The van der Waals surface area contributed by atoms with Gasteiger partial charge in [-0.2, -0.15) is 0 Å². The molecule has 8 heteroatoms. The maximum Gasteiger partial charge on any atom is 0.323 e. The van der Waals surface area contributed by atoms with Gasteiger partial charge in [0.1, 0.15) is 18.3 Å². The van der Waals surface area contributed by atoms with E-state index in [1.54, 1.807) is 23.0 Å². The molecule has 4 rings (SSSR count). The summed E-state index contributed by atoms with van der Waals surface area (Å²) in [4.78, 5) is 15.5. The number of H-pyrrole nitrogens is 1. The van der Waals surface area contributed by atoms with Crippen LogP contribution in [0.4, 0.5) is 0 Å². The molecule has 0 saturated carbocycles. The molecule has 0 aliphatic carbocycles. The highest BCUT2D eigenvalue weighted by Gasteiger charge is 2.17. The number of halogens is 1. The van der Waals surface area contributed by atoms with E-state index in [1.807, 2.05) is 42.5 Å². The number of carbonyl (C=O) groups is 1. The Kier molecular flexibility index (Phi) is 5.10. The van der Waals surface area contributed by atoms with Gasteiger partial charge in [0.15, 0.2) is 0 Å². The zero-order valence-electron chi connectivity index (χ0n) is 14.9. The molecule has 28 heavy (non-hydrogen) atoms. The summed E-state index contributed by atoms with van der Waals surface area (Å²) < 4.78 is 6.88. The molecule has 0 aliphatic rings. The molecule has 0 unspecified atom stereocenters. The van der Waals surface area contributed by atoms with Crippen LogP contribution < -0.4 is 5.73 Å². The van der Waals surface area contributed by atoms with Gasteiger partial charge in [0, 0.05) is 22.7 Å². The van der Waals surface area contributed by atoms with Gasteiger partial charge in [0.25, 0.3) is 0 Å². The number of rotatable bonds is 6. The average molecular weight is 396 g/mol. The molecule has 142 valence electrons. The molecular weight excluding hydrogens is 378 g/mol. The minimum absolute atomic E-state index is 0.00677. The molecular formula is C20H18ClN5O2. The summed E-state index contributed by atoms with van der Waals surface area (Å²) in [6.07, 6.45) is 2.06. The van der Waals surface area contributed by atoms with E-state index >= 15 is 0 Å². The van der Waals surface area contributed by atoms with Gasteiger partial charge in [-0.3, -0.25) is 4.79 Å². The fraction of sp³-hybridized carbons (Fsp3) is 0.150. The fourth-order valence-corrected chi connectivity index (χ4v) is 3.03. The molecule has 1 atom stereocenters. The summed E-state index contributed by atoms with van der Waals surface area (Å²) >= 11 is 5.88. The maximum absolute atomic E-state index is 12.2. The van der Waals surface area contributed by atoms with Crippen molar-refractivity contribution in [2.24, 2.45) is 5.73 Å². The fourth-order valence-electron chi connectivity index (χ4n) is 2.90. The Labute approximate surface area is 166 Å². The van der Waals surface area contributed by atoms with Crippen molar-refractivity contribution in [3.63, 3.8) is 0 Å². The second kappa shape index (κ2) is 7.84. The molecule has 0 spiro atoms. The summed E-state index contributed by atoms with van der Waals surface area (Å²) in [5, 5.41) is 9.76. The normalized spacial score (nSPS) is 12.2. The van der Waals surface area contributed by atoms with Gasteiger partial charge in [-0.25, -0.2) is 4.68 Å². The van der Waals surface area contributed by atoms with Crippen molar-refractivity contribution in [1.29, 1.82) is 0 Å². The van der Waals surface area contributed by atoms with Crippen molar-refractivity contribution in [2.75, 3.05) is 0 Å². The van der Waals surface area contributed by atoms with Crippen LogP contribution in [0.15, 0.2) is 60.8 Å². The van der Waals surface area contributed by atoms with Gasteiger partial charge in [-0.05, 0) is 41.8 Å². The Bertz CT molecular complexity index is 1070. The smallest absolute Gasteiger partial charge is 0.323 e. The first kappa shape index (κ1) is 18.2. The lowest BCUT2D eigenvalue weighted by Gasteiger charge is -2.09. The van der Waals surface area contributed by atoms with E-state index in [0.717, 1.165) is 22.3 Å². The molecule has 2 aromatic heterocycles. The third-order valence-electron chi connectivity index (χ3n) is 4.32. The molecule has 7 nitrogen and oxygen atoms in total. The Morgan fingerprint density at radius 2 is 2.00 bits per heavy atom. The standard InChI is InChI=1S/C20H18ClN5O2/c21-14-5-7-17(8-6-14)26-11-16(24-25-26)12-28-20(27)18(22)10-15-9-13-3-1-2-4-19(13)23-15/h1-9,11,18,23H,10,12,22H2/t18-/m0/s1. The summed E-state index contributed by atoms with van der Waals surface area (Å²) in [5.41, 5.74) is 9.24. The third-order valence-corrected chi connectivity index (χ3v) is 4.57. The summed E-state index contributed by atoms with van der Waals surface area (Å²) in [6, 6.07) is 16.3. The number of carbonyl (C=O) groups excluding carboxylic acids is 1. The van der Waals surface area contributed by atoms with Crippen molar-refractivity contribution in [3.8, 4) is 5.69 Å². The summed E-state index contributed by atoms with van der Waals surface area (Å²) in [7, 11) is 0. The van der Waals surface area contributed by atoms with E-state index in [1.165, 1.54) is 0 Å². The van der Waals surface area contributed by atoms with Crippen LogP contribution in [0.2, 0.25) is 5.02 Å². The quantitative estimate of drug-likeness (QED) is 0.489. The number of nitrogens with two attached hydrogens (primary N) is 1. The number of esters is 1. The molecule has 0 bridgehead atoms. The highest BCUT2D eigenvalue weighted by atomic mass is 35.5. The number of para-hydroxylation sites is 1. The lowest BCUT2D eigenvalue weighted by atomic mass is 10.1. The Hall–Kier alpha value is -3.16. The van der Waals surface area contributed by atoms with Crippen molar-refractivity contribution in [1.82, 2.24) is 20.0 Å². The molecule has 3 N–H and O–H groups in total. The second-order valence-corrected chi connectivity index (χ2v) is 6.87. The average Bonchev–Trinajstić information content (AvgIpc) is 3.33.